The lowest BCUT2D eigenvalue weighted by molar-refractivity contribution is -0.156. The van der Waals surface area contributed by atoms with Crippen LogP contribution in [0.2, 0.25) is 5.02 Å². The first kappa shape index (κ1) is 21.4. The predicted molar refractivity (Wildman–Crippen MR) is 118 cm³/mol. The van der Waals surface area contributed by atoms with E-state index in [2.05, 4.69) is 13.8 Å². The fourth-order valence-electron chi connectivity index (χ4n) is 4.08. The van der Waals surface area contributed by atoms with Crippen molar-refractivity contribution >= 4 is 23.1 Å². The van der Waals surface area contributed by atoms with Crippen LogP contribution in [0.1, 0.15) is 45.7 Å². The minimum atomic E-state index is -0.791. The number of carbonyl (C=O) groups excluding carboxylic acids is 1. The van der Waals surface area contributed by atoms with Crippen molar-refractivity contribution in [3.63, 3.8) is 0 Å². The Hall–Kier alpha value is -2.36. The van der Waals surface area contributed by atoms with Gasteiger partial charge in [-0.1, -0.05) is 59.6 Å². The number of hydrogen-bond donors (Lipinski definition) is 0. The lowest BCUT2D eigenvalue weighted by Gasteiger charge is -2.21. The lowest BCUT2D eigenvalue weighted by atomic mass is 9.82. The van der Waals surface area contributed by atoms with Crippen LogP contribution >= 0.6 is 11.6 Å². The first-order valence-corrected chi connectivity index (χ1v) is 10.2. The molecule has 1 unspecified atom stereocenters. The van der Waals surface area contributed by atoms with Crippen molar-refractivity contribution in [2.24, 2.45) is 0 Å². The maximum Gasteiger partial charge on any atom is 0.340 e. The molecule has 3 nitrogen and oxygen atoms in total. The minimum Gasteiger partial charge on any atom is -0.464 e. The van der Waals surface area contributed by atoms with E-state index >= 15 is 0 Å². The van der Waals surface area contributed by atoms with Gasteiger partial charge in [-0.15, -0.1) is 0 Å². The fourth-order valence-corrected chi connectivity index (χ4v) is 4.20. The summed E-state index contributed by atoms with van der Waals surface area (Å²) >= 11 is 6.14. The third kappa shape index (κ3) is 4.31. The Labute approximate surface area is 178 Å². The average Bonchev–Trinajstić information content (AvgIpc) is 2.96. The topological polar surface area (TPSA) is 35.5 Å². The van der Waals surface area contributed by atoms with Gasteiger partial charge in [0.05, 0.1) is 12.2 Å². The van der Waals surface area contributed by atoms with Crippen LogP contribution in [0, 0.1) is 0 Å². The van der Waals surface area contributed by atoms with Crippen LogP contribution in [0.3, 0.4) is 0 Å². The van der Waals surface area contributed by atoms with Crippen molar-refractivity contribution < 1.29 is 14.3 Å². The monoisotopic (exact) mass is 410 g/mol. The smallest absolute Gasteiger partial charge is 0.340 e. The highest BCUT2D eigenvalue weighted by Crippen LogP contribution is 2.47. The summed E-state index contributed by atoms with van der Waals surface area (Å²) < 4.78 is 11.7. The Morgan fingerprint density at radius 2 is 1.62 bits per heavy atom. The summed E-state index contributed by atoms with van der Waals surface area (Å²) in [4.78, 5) is 12.9. The van der Waals surface area contributed by atoms with E-state index in [-0.39, 0.29) is 5.97 Å². The molecule has 29 heavy (non-hydrogen) atoms. The molecular formula is C25H27ClO3. The van der Waals surface area contributed by atoms with Crippen LogP contribution in [0.15, 0.2) is 71.3 Å². The standard InChI is InChI=1S/C25H27ClO3/c1-6-28-24(27)23-21(22(16(2)3)25(4,5)29-23)20(17-10-8-7-9-11-17)18-12-14-19(26)15-13-18/h7-15,23H,6H2,1-5H3/b21-20+. The Balaban J connectivity index is 2.39. The highest BCUT2D eigenvalue weighted by atomic mass is 35.5. The van der Waals surface area contributed by atoms with Crippen LogP contribution in [0.25, 0.3) is 5.57 Å². The van der Waals surface area contributed by atoms with Crippen molar-refractivity contribution in [3.05, 3.63) is 87.5 Å². The van der Waals surface area contributed by atoms with Crippen molar-refractivity contribution in [2.75, 3.05) is 6.61 Å². The van der Waals surface area contributed by atoms with E-state index in [1.54, 1.807) is 6.92 Å². The number of rotatable bonds is 4. The molecule has 1 heterocycles. The molecule has 0 aliphatic carbocycles. The van der Waals surface area contributed by atoms with E-state index in [1.807, 2.05) is 68.4 Å². The van der Waals surface area contributed by atoms with E-state index in [9.17, 15) is 4.79 Å². The van der Waals surface area contributed by atoms with Crippen LogP contribution in [0.5, 0.6) is 0 Å². The summed E-state index contributed by atoms with van der Waals surface area (Å²) in [5.41, 5.74) is 5.34. The normalized spacial score (nSPS) is 19.8. The molecule has 2 aromatic carbocycles. The highest BCUT2D eigenvalue weighted by molar-refractivity contribution is 6.30. The van der Waals surface area contributed by atoms with Gasteiger partial charge in [0.1, 0.15) is 0 Å². The summed E-state index contributed by atoms with van der Waals surface area (Å²) in [6, 6.07) is 17.8. The molecule has 1 fully saturated rings. The largest absolute Gasteiger partial charge is 0.464 e. The second-order valence-corrected chi connectivity index (χ2v) is 8.23. The van der Waals surface area contributed by atoms with Gasteiger partial charge in [-0.05, 0) is 69.0 Å². The van der Waals surface area contributed by atoms with Gasteiger partial charge >= 0.3 is 5.97 Å². The van der Waals surface area contributed by atoms with Gasteiger partial charge in [0.25, 0.3) is 0 Å². The van der Waals surface area contributed by atoms with Crippen LogP contribution in [-0.2, 0) is 14.3 Å². The maximum atomic E-state index is 12.9. The number of ether oxygens (including phenoxy) is 2. The van der Waals surface area contributed by atoms with Crippen molar-refractivity contribution in [3.8, 4) is 0 Å². The Kier molecular flexibility index (Phi) is 6.30. The van der Waals surface area contributed by atoms with E-state index in [1.165, 1.54) is 0 Å². The van der Waals surface area contributed by atoms with Crippen molar-refractivity contribution in [1.82, 2.24) is 0 Å². The van der Waals surface area contributed by atoms with E-state index < -0.39 is 11.7 Å². The molecule has 0 spiro atoms. The molecule has 2 aromatic rings. The molecule has 0 bridgehead atoms. The zero-order valence-electron chi connectivity index (χ0n) is 17.6. The van der Waals surface area contributed by atoms with Gasteiger partial charge < -0.3 is 9.47 Å². The first-order chi connectivity index (χ1) is 13.8. The van der Waals surface area contributed by atoms with Crippen molar-refractivity contribution in [1.29, 1.82) is 0 Å². The van der Waals surface area contributed by atoms with E-state index in [0.717, 1.165) is 33.4 Å². The molecule has 4 heteroatoms. The molecule has 152 valence electrons. The summed E-state index contributed by atoms with van der Waals surface area (Å²) in [7, 11) is 0. The summed E-state index contributed by atoms with van der Waals surface area (Å²) in [5.74, 6) is -0.366. The minimum absolute atomic E-state index is 0.304. The molecule has 1 atom stereocenters. The quantitative estimate of drug-likeness (QED) is 0.561. The first-order valence-electron chi connectivity index (χ1n) is 9.84. The Morgan fingerprint density at radius 1 is 1.03 bits per heavy atom. The predicted octanol–water partition coefficient (Wildman–Crippen LogP) is 6.22. The van der Waals surface area contributed by atoms with Gasteiger partial charge in [-0.3, -0.25) is 0 Å². The third-order valence-corrected chi connectivity index (χ3v) is 5.26. The number of hydrogen-bond acceptors (Lipinski definition) is 3. The Bertz CT molecular complexity index is 949. The summed E-state index contributed by atoms with van der Waals surface area (Å²) in [6.07, 6.45) is -0.791. The molecule has 0 N–H and O–H groups in total. The molecule has 1 aliphatic heterocycles. The zero-order valence-corrected chi connectivity index (χ0v) is 18.3. The lowest BCUT2D eigenvalue weighted by Crippen LogP contribution is -2.28. The van der Waals surface area contributed by atoms with Crippen molar-refractivity contribution in [2.45, 2.75) is 46.3 Å². The molecule has 3 rings (SSSR count). The average molecular weight is 411 g/mol. The molecule has 0 radical (unpaired) electrons. The molecule has 0 saturated carbocycles. The molecular weight excluding hydrogens is 384 g/mol. The van der Waals surface area contributed by atoms with Crippen LogP contribution in [-0.4, -0.2) is 24.3 Å². The summed E-state index contributed by atoms with van der Waals surface area (Å²) in [6.45, 7) is 10.2. The zero-order chi connectivity index (χ0) is 21.2. The SMILES string of the molecule is CCOC(=O)C1OC(C)(C)C(=C(C)C)/C1=C(/c1ccccc1)c1ccc(Cl)cc1. The molecule has 0 aromatic heterocycles. The molecule has 0 amide bonds. The van der Waals surface area contributed by atoms with Gasteiger partial charge in [0.2, 0.25) is 0 Å². The number of allylic oxidation sites excluding steroid dienone is 1. The number of benzene rings is 2. The Morgan fingerprint density at radius 3 is 2.17 bits per heavy atom. The fraction of sp³-hybridized carbons (Fsp3) is 0.320. The van der Waals surface area contributed by atoms with Crippen LogP contribution < -0.4 is 0 Å². The van der Waals surface area contributed by atoms with Gasteiger partial charge in [-0.25, -0.2) is 4.79 Å². The van der Waals surface area contributed by atoms with E-state index in [0.29, 0.717) is 11.6 Å². The second-order valence-electron chi connectivity index (χ2n) is 7.80. The van der Waals surface area contributed by atoms with Gasteiger partial charge in [-0.2, -0.15) is 0 Å². The molecule has 1 saturated heterocycles. The number of carbonyl (C=O) groups is 1. The van der Waals surface area contributed by atoms with Gasteiger partial charge in [0, 0.05) is 10.6 Å². The highest BCUT2D eigenvalue weighted by Gasteiger charge is 2.47. The van der Waals surface area contributed by atoms with Gasteiger partial charge in [0.15, 0.2) is 6.10 Å². The second kappa shape index (κ2) is 8.56. The maximum absolute atomic E-state index is 12.9. The van der Waals surface area contributed by atoms with Crippen LogP contribution in [0.4, 0.5) is 0 Å². The summed E-state index contributed by atoms with van der Waals surface area (Å²) in [5, 5.41) is 0.665. The number of esters is 1. The third-order valence-electron chi connectivity index (χ3n) is 5.01. The molecule has 1 aliphatic rings. The number of halogens is 1. The van der Waals surface area contributed by atoms with E-state index in [4.69, 9.17) is 21.1 Å².